The Morgan fingerprint density at radius 3 is 2.17 bits per heavy atom. The second-order valence-electron chi connectivity index (χ2n) is 7.58. The van der Waals surface area contributed by atoms with E-state index < -0.39 is 60.8 Å². The average Bonchev–Trinajstić information content (AvgIpc) is 2.79. The molecular formula is C21H31N7O7. The predicted molar refractivity (Wildman–Crippen MR) is 125 cm³/mol. The van der Waals surface area contributed by atoms with Gasteiger partial charge in [-0.25, -0.2) is 4.79 Å². The molecule has 0 aliphatic heterocycles. The molecule has 3 unspecified atom stereocenters. The molecular weight excluding hydrogens is 462 g/mol. The molecule has 0 radical (unpaired) electrons. The molecule has 0 saturated heterocycles. The summed E-state index contributed by atoms with van der Waals surface area (Å²) in [7, 11) is 0. The van der Waals surface area contributed by atoms with Gasteiger partial charge in [-0.3, -0.25) is 24.2 Å². The number of carbonyl (C=O) groups excluding carboxylic acids is 3. The van der Waals surface area contributed by atoms with E-state index in [2.05, 4.69) is 15.6 Å². The third kappa shape index (κ3) is 12.0. The summed E-state index contributed by atoms with van der Waals surface area (Å²) in [6.07, 6.45) is -0.0472. The Kier molecular flexibility index (Phi) is 12.2. The third-order valence-corrected chi connectivity index (χ3v) is 4.66. The molecule has 0 bridgehead atoms. The Balaban J connectivity index is 2.76. The summed E-state index contributed by atoms with van der Waals surface area (Å²) >= 11 is 0. The average molecular weight is 494 g/mol. The molecule has 0 heterocycles. The van der Waals surface area contributed by atoms with Gasteiger partial charge in [0.15, 0.2) is 5.96 Å². The quantitative estimate of drug-likeness (QED) is 0.0710. The second-order valence-corrected chi connectivity index (χ2v) is 7.58. The number of guanidine groups is 1. The highest BCUT2D eigenvalue weighted by Gasteiger charge is 2.26. The Labute approximate surface area is 201 Å². The van der Waals surface area contributed by atoms with Gasteiger partial charge in [0.25, 0.3) is 0 Å². The van der Waals surface area contributed by atoms with Crippen molar-refractivity contribution in [1.29, 1.82) is 0 Å². The Bertz CT molecular complexity index is 920. The van der Waals surface area contributed by atoms with Crippen molar-refractivity contribution in [2.24, 2.45) is 22.2 Å². The largest absolute Gasteiger partial charge is 0.481 e. The molecule has 0 aromatic heterocycles. The van der Waals surface area contributed by atoms with E-state index in [1.807, 2.05) is 5.32 Å². The first-order chi connectivity index (χ1) is 16.5. The van der Waals surface area contributed by atoms with Crippen molar-refractivity contribution in [3.63, 3.8) is 0 Å². The van der Waals surface area contributed by atoms with Crippen molar-refractivity contribution in [3.8, 4) is 0 Å². The van der Waals surface area contributed by atoms with Gasteiger partial charge >= 0.3 is 11.9 Å². The van der Waals surface area contributed by atoms with Crippen LogP contribution in [0.1, 0.15) is 24.8 Å². The van der Waals surface area contributed by atoms with E-state index in [-0.39, 0.29) is 25.3 Å². The molecule has 3 atom stereocenters. The maximum atomic E-state index is 12.7. The van der Waals surface area contributed by atoms with E-state index in [1.165, 1.54) is 0 Å². The van der Waals surface area contributed by atoms with Crippen LogP contribution in [0.25, 0.3) is 0 Å². The van der Waals surface area contributed by atoms with Crippen molar-refractivity contribution in [2.75, 3.05) is 13.1 Å². The lowest BCUT2D eigenvalue weighted by Gasteiger charge is -2.21. The summed E-state index contributed by atoms with van der Waals surface area (Å²) in [5.74, 6) is -5.24. The molecule has 0 fully saturated rings. The van der Waals surface area contributed by atoms with Crippen LogP contribution in [0.5, 0.6) is 0 Å². The molecule has 0 saturated carbocycles. The zero-order chi connectivity index (χ0) is 26.4. The second kappa shape index (κ2) is 14.8. The van der Waals surface area contributed by atoms with Gasteiger partial charge in [0.2, 0.25) is 17.7 Å². The number of amides is 3. The number of hydrogen-bond acceptors (Lipinski definition) is 7. The fourth-order valence-corrected chi connectivity index (χ4v) is 2.90. The third-order valence-electron chi connectivity index (χ3n) is 4.66. The number of aliphatic carboxylic acids is 2. The topological polar surface area (TPSA) is 252 Å². The van der Waals surface area contributed by atoms with E-state index in [9.17, 15) is 24.0 Å². The Morgan fingerprint density at radius 2 is 1.60 bits per heavy atom. The predicted octanol–water partition coefficient (Wildman–Crippen LogP) is -2.74. The van der Waals surface area contributed by atoms with Crippen LogP contribution in [-0.4, -0.2) is 77.0 Å². The number of carboxylic acid groups (broad SMARTS) is 2. The minimum atomic E-state index is -1.66. The fourth-order valence-electron chi connectivity index (χ4n) is 2.90. The molecule has 0 spiro atoms. The van der Waals surface area contributed by atoms with Crippen molar-refractivity contribution < 1.29 is 34.2 Å². The van der Waals surface area contributed by atoms with E-state index >= 15 is 0 Å². The molecule has 14 nitrogen and oxygen atoms in total. The van der Waals surface area contributed by atoms with Crippen LogP contribution in [0.2, 0.25) is 0 Å². The van der Waals surface area contributed by atoms with Gasteiger partial charge in [-0.1, -0.05) is 30.3 Å². The number of nitrogens with two attached hydrogens (primary N) is 3. The van der Waals surface area contributed by atoms with E-state index in [4.69, 9.17) is 27.4 Å². The Morgan fingerprint density at radius 1 is 0.943 bits per heavy atom. The van der Waals surface area contributed by atoms with Gasteiger partial charge < -0.3 is 43.4 Å². The van der Waals surface area contributed by atoms with E-state index in [0.717, 1.165) is 5.56 Å². The molecule has 0 aliphatic carbocycles. The number of benzene rings is 1. The molecule has 1 aromatic carbocycles. The number of hydrogen-bond donors (Lipinski definition) is 8. The SMILES string of the molecule is NC(N)=NCCCC(N)C(=O)NC(Cc1ccccc1)C(=O)NCC(=O)NC(CC(=O)O)C(=O)O. The zero-order valence-corrected chi connectivity index (χ0v) is 19.0. The standard InChI is InChI=1S/C21H31N7O7/c22-13(7-4-8-25-21(23)24)18(32)28-14(9-12-5-2-1-3-6-12)19(33)26-11-16(29)27-15(20(34)35)10-17(30)31/h1-3,5-6,13-15H,4,7-11,22H2,(H,26,33)(H,27,29)(H,28,32)(H,30,31)(H,34,35)(H4,23,24,25). The number of carboxylic acids is 2. The number of nitrogens with zero attached hydrogens (tertiary/aromatic N) is 1. The lowest BCUT2D eigenvalue weighted by molar-refractivity contribution is -0.147. The van der Waals surface area contributed by atoms with E-state index in [1.54, 1.807) is 30.3 Å². The minimum absolute atomic E-state index is 0.0794. The molecule has 35 heavy (non-hydrogen) atoms. The van der Waals surface area contributed by atoms with Crippen LogP contribution >= 0.6 is 0 Å². The number of nitrogens with one attached hydrogen (secondary N) is 3. The van der Waals surface area contributed by atoms with E-state index in [0.29, 0.717) is 6.42 Å². The van der Waals surface area contributed by atoms with Gasteiger partial charge in [-0.2, -0.15) is 0 Å². The zero-order valence-electron chi connectivity index (χ0n) is 19.0. The molecule has 0 aliphatic rings. The van der Waals surface area contributed by atoms with Crippen LogP contribution in [-0.2, 0) is 30.4 Å². The van der Waals surface area contributed by atoms with Crippen LogP contribution in [0.4, 0.5) is 0 Å². The Hall–Kier alpha value is -4.20. The van der Waals surface area contributed by atoms with Crippen molar-refractivity contribution >= 4 is 35.6 Å². The minimum Gasteiger partial charge on any atom is -0.481 e. The number of rotatable bonds is 15. The monoisotopic (exact) mass is 493 g/mol. The van der Waals surface area contributed by atoms with Crippen LogP contribution < -0.4 is 33.2 Å². The summed E-state index contributed by atoms with van der Waals surface area (Å²) in [4.78, 5) is 62.9. The van der Waals surface area contributed by atoms with Crippen molar-refractivity contribution in [3.05, 3.63) is 35.9 Å². The molecule has 1 rings (SSSR count). The lowest BCUT2D eigenvalue weighted by atomic mass is 10.0. The van der Waals surface area contributed by atoms with Crippen LogP contribution in [0, 0.1) is 0 Å². The number of carbonyl (C=O) groups is 5. The van der Waals surface area contributed by atoms with Gasteiger partial charge in [-0.15, -0.1) is 0 Å². The van der Waals surface area contributed by atoms with Crippen molar-refractivity contribution in [2.45, 2.75) is 43.8 Å². The first kappa shape index (κ1) is 28.8. The first-order valence-corrected chi connectivity index (χ1v) is 10.7. The highest BCUT2D eigenvalue weighted by atomic mass is 16.4. The van der Waals surface area contributed by atoms with Gasteiger partial charge in [0.1, 0.15) is 12.1 Å². The first-order valence-electron chi connectivity index (χ1n) is 10.7. The number of aliphatic imine (C=N–C) groups is 1. The summed E-state index contributed by atoms with van der Waals surface area (Å²) in [5, 5.41) is 24.7. The maximum absolute atomic E-state index is 12.7. The van der Waals surface area contributed by atoms with Gasteiger partial charge in [0.05, 0.1) is 19.0 Å². The summed E-state index contributed by atoms with van der Waals surface area (Å²) in [5.41, 5.74) is 17.1. The lowest BCUT2D eigenvalue weighted by Crippen LogP contribution is -2.54. The molecule has 14 heteroatoms. The summed E-state index contributed by atoms with van der Waals surface area (Å²) in [6.45, 7) is -0.348. The van der Waals surface area contributed by atoms with Gasteiger partial charge in [-0.05, 0) is 18.4 Å². The summed E-state index contributed by atoms with van der Waals surface area (Å²) < 4.78 is 0. The smallest absolute Gasteiger partial charge is 0.326 e. The molecule has 1 aromatic rings. The van der Waals surface area contributed by atoms with Gasteiger partial charge in [0, 0.05) is 13.0 Å². The fraction of sp³-hybridized carbons (Fsp3) is 0.429. The highest BCUT2D eigenvalue weighted by Crippen LogP contribution is 2.05. The molecule has 3 amide bonds. The maximum Gasteiger partial charge on any atom is 0.326 e. The van der Waals surface area contributed by atoms with Crippen molar-refractivity contribution in [1.82, 2.24) is 16.0 Å². The normalized spacial score (nSPS) is 12.9. The van der Waals surface area contributed by atoms with Crippen LogP contribution in [0.3, 0.4) is 0 Å². The molecule has 192 valence electrons. The summed E-state index contributed by atoms with van der Waals surface area (Å²) in [6, 6.07) is 5.10. The van der Waals surface area contributed by atoms with Crippen LogP contribution in [0.15, 0.2) is 35.3 Å². The molecule has 11 N–H and O–H groups in total. The highest BCUT2D eigenvalue weighted by molar-refractivity contribution is 5.93.